The van der Waals surface area contributed by atoms with Crippen LogP contribution >= 0.6 is 0 Å². The minimum absolute atomic E-state index is 0.0283. The average Bonchev–Trinajstić information content (AvgIpc) is 2.95. The number of aryl methyl sites for hydroxylation is 1. The lowest BCUT2D eigenvalue weighted by Gasteiger charge is -2.33. The van der Waals surface area contributed by atoms with E-state index in [9.17, 15) is 4.79 Å². The second-order valence-electron chi connectivity index (χ2n) is 8.31. The van der Waals surface area contributed by atoms with Gasteiger partial charge in [0, 0.05) is 51.5 Å². The molecule has 27 heavy (non-hydrogen) atoms. The summed E-state index contributed by atoms with van der Waals surface area (Å²) in [6, 6.07) is 6.84. The van der Waals surface area contributed by atoms with Gasteiger partial charge < -0.3 is 19.5 Å². The highest BCUT2D eigenvalue weighted by Crippen LogP contribution is 2.35. The summed E-state index contributed by atoms with van der Waals surface area (Å²) in [5.41, 5.74) is 2.44. The van der Waals surface area contributed by atoms with Crippen LogP contribution in [0.3, 0.4) is 0 Å². The average molecular weight is 368 g/mol. The fraction of sp³-hybridized carbons (Fsp3) is 0.524. The molecule has 2 aliphatic heterocycles. The molecule has 0 saturated carbocycles. The van der Waals surface area contributed by atoms with E-state index in [0.717, 1.165) is 44.6 Å². The minimum Gasteiger partial charge on any atom is -0.487 e. The van der Waals surface area contributed by atoms with Crippen molar-refractivity contribution in [3.05, 3.63) is 52.1 Å². The highest BCUT2D eigenvalue weighted by Gasteiger charge is 2.30. The van der Waals surface area contributed by atoms with Crippen LogP contribution in [0.1, 0.15) is 37.8 Å². The molecule has 2 aliphatic rings. The number of hydrogen-bond donors (Lipinski definition) is 1. The lowest BCUT2D eigenvalue weighted by atomic mass is 10.00. The first-order valence-corrected chi connectivity index (χ1v) is 9.72. The second kappa shape index (κ2) is 7.00. The van der Waals surface area contributed by atoms with Crippen LogP contribution in [0, 0.1) is 0 Å². The van der Waals surface area contributed by atoms with Crippen LogP contribution < -0.4 is 20.5 Å². The Morgan fingerprint density at radius 1 is 1.37 bits per heavy atom. The predicted molar refractivity (Wildman–Crippen MR) is 106 cm³/mol. The summed E-state index contributed by atoms with van der Waals surface area (Å²) in [5, 5.41) is 3.66. The molecular formula is C21H28N4O2. The summed E-state index contributed by atoms with van der Waals surface area (Å²) in [6.07, 6.45) is 6.52. The van der Waals surface area contributed by atoms with E-state index >= 15 is 0 Å². The third-order valence-corrected chi connectivity index (χ3v) is 5.44. The number of aromatic nitrogens is 2. The fourth-order valence-corrected chi connectivity index (χ4v) is 4.07. The fourth-order valence-electron chi connectivity index (χ4n) is 4.07. The summed E-state index contributed by atoms with van der Waals surface area (Å²) >= 11 is 0. The first-order chi connectivity index (χ1) is 12.9. The van der Waals surface area contributed by atoms with Crippen LogP contribution in [0.15, 0.2) is 35.4 Å². The Bertz CT molecular complexity index is 890. The van der Waals surface area contributed by atoms with Gasteiger partial charge in [-0.05, 0) is 43.9 Å². The summed E-state index contributed by atoms with van der Waals surface area (Å²) < 4.78 is 7.55. The molecule has 1 N–H and O–H groups in total. The third kappa shape index (κ3) is 3.86. The number of fused-ring (bicyclic) bond motifs is 1. The normalized spacial score (nSPS) is 21.0. The zero-order valence-electron chi connectivity index (χ0n) is 16.4. The lowest BCUT2D eigenvalue weighted by Crippen LogP contribution is -2.47. The van der Waals surface area contributed by atoms with Gasteiger partial charge in [-0.15, -0.1) is 0 Å². The molecule has 4 rings (SSSR count). The SMILES string of the molecule is Cn1ccnc(N2CCC[C@@H](NCc3ccc4c(c3)CC(C)(C)O4)C2)c1=O. The molecule has 1 atom stereocenters. The molecule has 6 heteroatoms. The van der Waals surface area contributed by atoms with E-state index in [2.05, 4.69) is 47.2 Å². The quantitative estimate of drug-likeness (QED) is 0.897. The molecule has 0 radical (unpaired) electrons. The predicted octanol–water partition coefficient (Wildman–Crippen LogP) is 2.25. The number of nitrogens with zero attached hydrogens (tertiary/aromatic N) is 3. The highest BCUT2D eigenvalue weighted by atomic mass is 16.5. The van der Waals surface area contributed by atoms with E-state index in [1.807, 2.05) is 0 Å². The molecular weight excluding hydrogens is 340 g/mol. The van der Waals surface area contributed by atoms with E-state index in [0.29, 0.717) is 11.9 Å². The van der Waals surface area contributed by atoms with Crippen molar-refractivity contribution >= 4 is 5.82 Å². The van der Waals surface area contributed by atoms with Gasteiger partial charge in [0.05, 0.1) is 0 Å². The Morgan fingerprint density at radius 3 is 3.07 bits per heavy atom. The van der Waals surface area contributed by atoms with Gasteiger partial charge in [-0.25, -0.2) is 4.98 Å². The molecule has 0 bridgehead atoms. The van der Waals surface area contributed by atoms with E-state index in [1.165, 1.54) is 11.1 Å². The molecule has 0 aliphatic carbocycles. The van der Waals surface area contributed by atoms with Crippen molar-refractivity contribution < 1.29 is 4.74 Å². The Labute approximate surface area is 160 Å². The molecule has 1 fully saturated rings. The van der Waals surface area contributed by atoms with Crippen molar-refractivity contribution in [2.75, 3.05) is 18.0 Å². The van der Waals surface area contributed by atoms with Crippen LogP contribution in [-0.2, 0) is 20.0 Å². The number of hydrogen-bond acceptors (Lipinski definition) is 5. The van der Waals surface area contributed by atoms with Gasteiger partial charge in [0.25, 0.3) is 5.56 Å². The second-order valence-corrected chi connectivity index (χ2v) is 8.31. The van der Waals surface area contributed by atoms with E-state index in [1.54, 1.807) is 24.0 Å². The van der Waals surface area contributed by atoms with Gasteiger partial charge in [-0.2, -0.15) is 0 Å². The van der Waals surface area contributed by atoms with Crippen molar-refractivity contribution in [2.45, 2.75) is 51.3 Å². The molecule has 0 amide bonds. The number of anilines is 1. The van der Waals surface area contributed by atoms with Crippen LogP contribution in [0.4, 0.5) is 5.82 Å². The molecule has 1 aromatic heterocycles. The van der Waals surface area contributed by atoms with E-state index in [4.69, 9.17) is 4.74 Å². The monoisotopic (exact) mass is 368 g/mol. The van der Waals surface area contributed by atoms with Crippen LogP contribution in [0.5, 0.6) is 5.75 Å². The number of benzene rings is 1. The smallest absolute Gasteiger partial charge is 0.293 e. The molecule has 0 spiro atoms. The summed E-state index contributed by atoms with van der Waals surface area (Å²) in [4.78, 5) is 18.8. The van der Waals surface area contributed by atoms with Crippen molar-refractivity contribution in [3.8, 4) is 5.75 Å². The molecule has 3 heterocycles. The standard InChI is InChI=1S/C21H28N4O2/c1-21(2)12-16-11-15(6-7-18(16)27-21)13-23-17-5-4-9-25(14-17)19-20(26)24(3)10-8-22-19/h6-8,10-11,17,23H,4-5,9,12-14H2,1-3H3/t17-/m1/s1. The molecule has 144 valence electrons. The Balaban J connectivity index is 1.39. The largest absolute Gasteiger partial charge is 0.487 e. The summed E-state index contributed by atoms with van der Waals surface area (Å²) in [6.45, 7) is 6.78. The molecule has 6 nitrogen and oxygen atoms in total. The Morgan fingerprint density at radius 2 is 2.22 bits per heavy atom. The van der Waals surface area contributed by atoms with E-state index < -0.39 is 0 Å². The maximum Gasteiger partial charge on any atom is 0.293 e. The number of rotatable bonds is 4. The van der Waals surface area contributed by atoms with Gasteiger partial charge in [0.15, 0.2) is 5.82 Å². The maximum absolute atomic E-state index is 12.3. The van der Waals surface area contributed by atoms with Crippen molar-refractivity contribution in [3.63, 3.8) is 0 Å². The van der Waals surface area contributed by atoms with Crippen LogP contribution in [-0.4, -0.2) is 34.3 Å². The summed E-state index contributed by atoms with van der Waals surface area (Å²) in [7, 11) is 1.77. The molecule has 0 unspecified atom stereocenters. The van der Waals surface area contributed by atoms with Crippen LogP contribution in [0.25, 0.3) is 0 Å². The first kappa shape index (κ1) is 18.0. The van der Waals surface area contributed by atoms with Gasteiger partial charge in [0.1, 0.15) is 11.4 Å². The topological polar surface area (TPSA) is 59.4 Å². The molecule has 2 aromatic rings. The van der Waals surface area contributed by atoms with Gasteiger partial charge in [0.2, 0.25) is 0 Å². The van der Waals surface area contributed by atoms with Gasteiger partial charge >= 0.3 is 0 Å². The van der Waals surface area contributed by atoms with Crippen molar-refractivity contribution in [1.82, 2.24) is 14.9 Å². The van der Waals surface area contributed by atoms with Crippen molar-refractivity contribution in [1.29, 1.82) is 0 Å². The van der Waals surface area contributed by atoms with Crippen LogP contribution in [0.2, 0.25) is 0 Å². The molecule has 1 aromatic carbocycles. The lowest BCUT2D eigenvalue weighted by molar-refractivity contribution is 0.138. The Kier molecular flexibility index (Phi) is 4.68. The number of ether oxygens (including phenoxy) is 1. The summed E-state index contributed by atoms with van der Waals surface area (Å²) in [5.74, 6) is 1.57. The zero-order chi connectivity index (χ0) is 19.0. The van der Waals surface area contributed by atoms with Crippen molar-refractivity contribution in [2.24, 2.45) is 7.05 Å². The first-order valence-electron chi connectivity index (χ1n) is 9.72. The maximum atomic E-state index is 12.3. The zero-order valence-corrected chi connectivity index (χ0v) is 16.4. The van der Waals surface area contributed by atoms with Gasteiger partial charge in [-0.3, -0.25) is 4.79 Å². The van der Waals surface area contributed by atoms with Gasteiger partial charge in [-0.1, -0.05) is 12.1 Å². The number of piperidine rings is 1. The highest BCUT2D eigenvalue weighted by molar-refractivity contribution is 5.42. The molecule has 1 saturated heterocycles. The minimum atomic E-state index is -0.104. The third-order valence-electron chi connectivity index (χ3n) is 5.44. The Hall–Kier alpha value is -2.34. The number of nitrogens with one attached hydrogen (secondary N) is 1. The van der Waals surface area contributed by atoms with E-state index in [-0.39, 0.29) is 11.2 Å².